The van der Waals surface area contributed by atoms with Crippen LogP contribution in [0.2, 0.25) is 0 Å². The van der Waals surface area contributed by atoms with Crippen LogP contribution < -0.4 is 0 Å². The summed E-state index contributed by atoms with van der Waals surface area (Å²) >= 11 is 0. The van der Waals surface area contributed by atoms with Gasteiger partial charge in [0.1, 0.15) is 0 Å². The summed E-state index contributed by atoms with van der Waals surface area (Å²) in [6.07, 6.45) is 8.99. The minimum Gasteiger partial charge on any atom is -0.0845 e. The van der Waals surface area contributed by atoms with Crippen LogP contribution in [0.15, 0.2) is 48.6 Å². The summed E-state index contributed by atoms with van der Waals surface area (Å²) in [4.78, 5) is 0. The SMILES string of the molecule is [CH2]C/C=C/C=C/c1ccccc1. The molecule has 0 fully saturated rings. The summed E-state index contributed by atoms with van der Waals surface area (Å²) in [5.74, 6) is 0. The van der Waals surface area contributed by atoms with Crippen LogP contribution in [-0.2, 0) is 0 Å². The van der Waals surface area contributed by atoms with Gasteiger partial charge in [0, 0.05) is 0 Å². The maximum Gasteiger partial charge on any atom is -0.0257 e. The van der Waals surface area contributed by atoms with Gasteiger partial charge in [0.2, 0.25) is 0 Å². The van der Waals surface area contributed by atoms with Crippen molar-refractivity contribution >= 4 is 6.08 Å². The van der Waals surface area contributed by atoms with Gasteiger partial charge in [0.25, 0.3) is 0 Å². The van der Waals surface area contributed by atoms with Crippen molar-refractivity contribution in [3.63, 3.8) is 0 Å². The Bertz CT molecular complexity index is 255. The summed E-state index contributed by atoms with van der Waals surface area (Å²) in [6.45, 7) is 3.71. The number of rotatable bonds is 3. The van der Waals surface area contributed by atoms with Crippen LogP contribution in [0.5, 0.6) is 0 Å². The Morgan fingerprint density at radius 1 is 1.08 bits per heavy atom. The monoisotopic (exact) mass is 157 g/mol. The predicted molar refractivity (Wildman–Crippen MR) is 54.6 cm³/mol. The largest absolute Gasteiger partial charge is 0.0845 e. The van der Waals surface area contributed by atoms with E-state index >= 15 is 0 Å². The van der Waals surface area contributed by atoms with E-state index in [-0.39, 0.29) is 0 Å². The molecule has 0 amide bonds. The molecule has 0 N–H and O–H groups in total. The van der Waals surface area contributed by atoms with Gasteiger partial charge in [-0.05, 0) is 18.9 Å². The topological polar surface area (TPSA) is 0 Å². The molecule has 1 aromatic rings. The fraction of sp³-hybridized carbons (Fsp3) is 0.0833. The highest BCUT2D eigenvalue weighted by molar-refractivity contribution is 5.50. The number of hydrogen-bond acceptors (Lipinski definition) is 0. The van der Waals surface area contributed by atoms with Gasteiger partial charge in [0.15, 0.2) is 0 Å². The lowest BCUT2D eigenvalue weighted by molar-refractivity contribution is 1.40. The van der Waals surface area contributed by atoms with Crippen molar-refractivity contribution in [3.05, 3.63) is 61.0 Å². The normalized spacial score (nSPS) is 11.4. The molecule has 0 aliphatic rings. The highest BCUT2D eigenvalue weighted by atomic mass is 13.8. The van der Waals surface area contributed by atoms with Crippen molar-refractivity contribution in [2.75, 3.05) is 0 Å². The molecule has 12 heavy (non-hydrogen) atoms. The average molecular weight is 157 g/mol. The third kappa shape index (κ3) is 3.20. The first-order valence-electron chi connectivity index (χ1n) is 4.11. The zero-order valence-corrected chi connectivity index (χ0v) is 7.11. The molecule has 0 heteroatoms. The van der Waals surface area contributed by atoms with Crippen molar-refractivity contribution in [2.24, 2.45) is 0 Å². The van der Waals surface area contributed by atoms with E-state index in [1.54, 1.807) is 0 Å². The van der Waals surface area contributed by atoms with Gasteiger partial charge in [-0.2, -0.15) is 0 Å². The minimum atomic E-state index is 0.846. The molecule has 0 nitrogen and oxygen atoms in total. The first-order chi connectivity index (χ1) is 5.93. The zero-order chi connectivity index (χ0) is 8.65. The Morgan fingerprint density at radius 3 is 2.50 bits per heavy atom. The lowest BCUT2D eigenvalue weighted by Crippen LogP contribution is -1.66. The Morgan fingerprint density at radius 2 is 1.83 bits per heavy atom. The molecule has 1 aromatic carbocycles. The maximum absolute atomic E-state index is 3.71. The lowest BCUT2D eigenvalue weighted by Gasteiger charge is -1.87. The van der Waals surface area contributed by atoms with Gasteiger partial charge in [0.05, 0.1) is 0 Å². The summed E-state index contributed by atoms with van der Waals surface area (Å²) in [5.41, 5.74) is 1.23. The van der Waals surface area contributed by atoms with Crippen LogP contribution in [-0.4, -0.2) is 0 Å². The fourth-order valence-electron chi connectivity index (χ4n) is 0.906. The van der Waals surface area contributed by atoms with Gasteiger partial charge in [-0.3, -0.25) is 0 Å². The lowest BCUT2D eigenvalue weighted by atomic mass is 10.2. The van der Waals surface area contributed by atoms with E-state index in [2.05, 4.69) is 25.1 Å². The summed E-state index contributed by atoms with van der Waals surface area (Å²) < 4.78 is 0. The summed E-state index contributed by atoms with van der Waals surface area (Å²) in [7, 11) is 0. The van der Waals surface area contributed by atoms with Crippen molar-refractivity contribution in [3.8, 4) is 0 Å². The second-order valence-electron chi connectivity index (χ2n) is 2.49. The molecular weight excluding hydrogens is 144 g/mol. The zero-order valence-electron chi connectivity index (χ0n) is 7.11. The Labute approximate surface area is 74.2 Å². The molecule has 0 atom stereocenters. The second kappa shape index (κ2) is 5.36. The first-order valence-corrected chi connectivity index (χ1v) is 4.11. The predicted octanol–water partition coefficient (Wildman–Crippen LogP) is 3.48. The van der Waals surface area contributed by atoms with Crippen LogP contribution in [0.4, 0.5) is 0 Å². The molecular formula is C12H13. The van der Waals surface area contributed by atoms with Gasteiger partial charge in [-0.1, -0.05) is 54.6 Å². The second-order valence-corrected chi connectivity index (χ2v) is 2.49. The standard InChI is InChI=1S/C12H13/c1-2-3-4-6-9-12-10-7-5-8-11-12/h3-11H,1-2H2/b4-3+,9-6+. The Balaban J connectivity index is 2.52. The molecule has 0 bridgehead atoms. The number of allylic oxidation sites excluding steroid dienone is 3. The molecule has 61 valence electrons. The van der Waals surface area contributed by atoms with Gasteiger partial charge in [-0.15, -0.1) is 0 Å². The molecule has 0 spiro atoms. The van der Waals surface area contributed by atoms with Gasteiger partial charge in [-0.25, -0.2) is 0 Å². The minimum absolute atomic E-state index is 0.846. The van der Waals surface area contributed by atoms with Crippen LogP contribution in [0.3, 0.4) is 0 Å². The molecule has 0 aromatic heterocycles. The van der Waals surface area contributed by atoms with E-state index in [9.17, 15) is 0 Å². The van der Waals surface area contributed by atoms with E-state index in [1.807, 2.05) is 36.4 Å². The highest BCUT2D eigenvalue weighted by Crippen LogP contribution is 2.00. The molecule has 0 aliphatic heterocycles. The van der Waals surface area contributed by atoms with Crippen LogP contribution in [0.1, 0.15) is 12.0 Å². The van der Waals surface area contributed by atoms with Gasteiger partial charge < -0.3 is 0 Å². The number of hydrogen-bond donors (Lipinski definition) is 0. The fourth-order valence-corrected chi connectivity index (χ4v) is 0.906. The molecule has 0 aliphatic carbocycles. The van der Waals surface area contributed by atoms with Crippen LogP contribution >= 0.6 is 0 Å². The van der Waals surface area contributed by atoms with E-state index in [4.69, 9.17) is 0 Å². The van der Waals surface area contributed by atoms with Crippen molar-refractivity contribution in [2.45, 2.75) is 6.42 Å². The highest BCUT2D eigenvalue weighted by Gasteiger charge is 1.78. The molecule has 0 heterocycles. The molecule has 0 saturated carbocycles. The van der Waals surface area contributed by atoms with Crippen molar-refractivity contribution in [1.29, 1.82) is 0 Å². The van der Waals surface area contributed by atoms with Crippen molar-refractivity contribution < 1.29 is 0 Å². The summed E-state index contributed by atoms with van der Waals surface area (Å²) in [5, 5.41) is 0. The quantitative estimate of drug-likeness (QED) is 0.589. The van der Waals surface area contributed by atoms with E-state index in [0.29, 0.717) is 0 Å². The van der Waals surface area contributed by atoms with Crippen molar-refractivity contribution in [1.82, 2.24) is 0 Å². The van der Waals surface area contributed by atoms with Crippen LogP contribution in [0, 0.1) is 6.92 Å². The maximum atomic E-state index is 3.71. The van der Waals surface area contributed by atoms with E-state index < -0.39 is 0 Å². The molecule has 0 unspecified atom stereocenters. The molecule has 1 rings (SSSR count). The smallest absolute Gasteiger partial charge is 0.0257 e. The van der Waals surface area contributed by atoms with Crippen LogP contribution in [0.25, 0.3) is 6.08 Å². The van der Waals surface area contributed by atoms with E-state index in [1.165, 1.54) is 5.56 Å². The Kier molecular flexibility index (Phi) is 3.93. The first kappa shape index (κ1) is 8.79. The third-order valence-electron chi connectivity index (χ3n) is 1.50. The molecule has 1 radical (unpaired) electrons. The molecule has 0 saturated heterocycles. The van der Waals surface area contributed by atoms with E-state index in [0.717, 1.165) is 6.42 Å². The average Bonchev–Trinajstić information content (AvgIpc) is 2.14. The Hall–Kier alpha value is -1.30. The summed E-state index contributed by atoms with van der Waals surface area (Å²) in [6, 6.07) is 10.2. The third-order valence-corrected chi connectivity index (χ3v) is 1.50. The van der Waals surface area contributed by atoms with Gasteiger partial charge >= 0.3 is 0 Å². The number of benzene rings is 1.